The van der Waals surface area contributed by atoms with Crippen molar-refractivity contribution in [2.24, 2.45) is 0 Å². The second kappa shape index (κ2) is 3.18. The van der Waals surface area contributed by atoms with Crippen LogP contribution in [0.15, 0.2) is 30.5 Å². The highest BCUT2D eigenvalue weighted by Gasteiger charge is 1.99. The van der Waals surface area contributed by atoms with E-state index < -0.39 is 0 Å². The van der Waals surface area contributed by atoms with Crippen molar-refractivity contribution in [3.05, 3.63) is 30.5 Å². The van der Waals surface area contributed by atoms with Gasteiger partial charge in [0.25, 0.3) is 0 Å². The molecular weight excluding hydrogens is 166 g/mol. The third-order valence-corrected chi connectivity index (χ3v) is 1.73. The highest BCUT2D eigenvalue weighted by atomic mass is 16.1. The van der Waals surface area contributed by atoms with E-state index in [1.54, 1.807) is 6.41 Å². The lowest BCUT2D eigenvalue weighted by atomic mass is 10.2. The predicted molar refractivity (Wildman–Crippen MR) is 48.9 cm³/mol. The van der Waals surface area contributed by atoms with Gasteiger partial charge in [-0.25, -0.2) is 0 Å². The van der Waals surface area contributed by atoms with E-state index in [2.05, 4.69) is 15.5 Å². The van der Waals surface area contributed by atoms with Gasteiger partial charge in [-0.3, -0.25) is 4.79 Å². The largest absolute Gasteiger partial charge is 0.316 e. The molecule has 4 heteroatoms. The Bertz CT molecular complexity index is 436. The molecule has 1 aromatic carbocycles. The highest BCUT2D eigenvalue weighted by Crippen LogP contribution is 2.18. The van der Waals surface area contributed by atoms with Gasteiger partial charge in [0.05, 0.1) is 17.4 Å². The number of nitrogens with zero attached hydrogens (tertiary/aromatic N) is 2. The summed E-state index contributed by atoms with van der Waals surface area (Å²) < 4.78 is 0. The Morgan fingerprint density at radius 2 is 2.15 bits per heavy atom. The first-order chi connectivity index (χ1) is 6.42. The van der Waals surface area contributed by atoms with Gasteiger partial charge in [0.15, 0.2) is 0 Å². The number of fused-ring (bicyclic) bond motifs is 1. The Labute approximate surface area is 74.6 Å². The number of hydrogen-bond donors (Lipinski definition) is 1. The summed E-state index contributed by atoms with van der Waals surface area (Å²) >= 11 is 0. The Morgan fingerprint density at radius 3 is 3.00 bits per heavy atom. The van der Waals surface area contributed by atoms with E-state index in [0.717, 1.165) is 10.9 Å². The SMILES string of the molecule is O=[C]Nc1cnnc2ccccc12. The minimum Gasteiger partial charge on any atom is -0.316 e. The molecule has 0 atom stereocenters. The Morgan fingerprint density at radius 1 is 1.31 bits per heavy atom. The number of nitrogens with one attached hydrogen (secondary N) is 1. The lowest BCUT2D eigenvalue weighted by molar-refractivity contribution is 0.561. The van der Waals surface area contributed by atoms with Crippen LogP contribution in [0.1, 0.15) is 0 Å². The van der Waals surface area contributed by atoms with Crippen molar-refractivity contribution >= 4 is 23.0 Å². The van der Waals surface area contributed by atoms with Crippen LogP contribution in [0.2, 0.25) is 0 Å². The fraction of sp³-hybridized carbons (Fsp3) is 0. The van der Waals surface area contributed by atoms with Crippen LogP contribution in [-0.2, 0) is 4.79 Å². The summed E-state index contributed by atoms with van der Waals surface area (Å²) in [7, 11) is 0. The van der Waals surface area contributed by atoms with Gasteiger partial charge in [0.2, 0.25) is 0 Å². The summed E-state index contributed by atoms with van der Waals surface area (Å²) in [5, 5.41) is 10.9. The zero-order valence-electron chi connectivity index (χ0n) is 6.69. The van der Waals surface area contributed by atoms with Crippen LogP contribution in [0.3, 0.4) is 0 Å². The summed E-state index contributed by atoms with van der Waals surface area (Å²) in [5.41, 5.74) is 1.38. The van der Waals surface area contributed by atoms with Crippen molar-refractivity contribution in [1.82, 2.24) is 10.2 Å². The fourth-order valence-corrected chi connectivity index (χ4v) is 1.16. The second-order valence-electron chi connectivity index (χ2n) is 2.50. The van der Waals surface area contributed by atoms with Gasteiger partial charge in [-0.05, 0) is 6.07 Å². The second-order valence-corrected chi connectivity index (χ2v) is 2.50. The van der Waals surface area contributed by atoms with E-state index in [4.69, 9.17) is 0 Å². The molecule has 1 radical (unpaired) electrons. The van der Waals surface area contributed by atoms with Gasteiger partial charge in [-0.2, -0.15) is 10.2 Å². The molecule has 0 aliphatic carbocycles. The van der Waals surface area contributed by atoms with Gasteiger partial charge in [0.1, 0.15) is 0 Å². The maximum Gasteiger partial charge on any atom is 0.314 e. The van der Waals surface area contributed by atoms with Gasteiger partial charge < -0.3 is 5.32 Å². The number of carbonyl (C=O) groups excluding carboxylic acids is 1. The molecule has 2 rings (SSSR count). The van der Waals surface area contributed by atoms with Crippen LogP contribution in [0, 0.1) is 0 Å². The van der Waals surface area contributed by atoms with Crippen LogP contribution < -0.4 is 5.32 Å². The molecule has 0 fully saturated rings. The number of aromatic nitrogens is 2. The van der Waals surface area contributed by atoms with Gasteiger partial charge >= 0.3 is 6.41 Å². The maximum absolute atomic E-state index is 10.1. The zero-order chi connectivity index (χ0) is 9.10. The number of anilines is 1. The number of rotatable bonds is 2. The average Bonchev–Trinajstić information content (AvgIpc) is 2.19. The minimum absolute atomic E-state index is 0.626. The van der Waals surface area contributed by atoms with Gasteiger partial charge in [-0.15, -0.1) is 0 Å². The van der Waals surface area contributed by atoms with Crippen LogP contribution in [-0.4, -0.2) is 16.6 Å². The van der Waals surface area contributed by atoms with E-state index in [1.807, 2.05) is 24.3 Å². The molecule has 1 N–H and O–H groups in total. The number of hydrogen-bond acceptors (Lipinski definition) is 3. The van der Waals surface area contributed by atoms with Gasteiger partial charge in [0, 0.05) is 5.39 Å². The monoisotopic (exact) mass is 172 g/mol. The predicted octanol–water partition coefficient (Wildman–Crippen LogP) is 1.11. The number of amides is 1. The smallest absolute Gasteiger partial charge is 0.314 e. The molecule has 13 heavy (non-hydrogen) atoms. The molecule has 63 valence electrons. The normalized spacial score (nSPS) is 9.85. The van der Waals surface area contributed by atoms with E-state index in [-0.39, 0.29) is 0 Å². The lowest BCUT2D eigenvalue weighted by Gasteiger charge is -2.00. The van der Waals surface area contributed by atoms with Crippen LogP contribution in [0.25, 0.3) is 10.9 Å². The van der Waals surface area contributed by atoms with E-state index in [9.17, 15) is 4.79 Å². The van der Waals surface area contributed by atoms with Crippen molar-refractivity contribution < 1.29 is 4.79 Å². The van der Waals surface area contributed by atoms with Crippen molar-refractivity contribution in [3.63, 3.8) is 0 Å². The highest BCUT2D eigenvalue weighted by molar-refractivity contribution is 5.94. The molecule has 0 bridgehead atoms. The summed E-state index contributed by atoms with van der Waals surface area (Å²) in [6, 6.07) is 7.44. The third kappa shape index (κ3) is 1.33. The number of benzene rings is 1. The quantitative estimate of drug-likeness (QED) is 0.690. The molecule has 0 saturated carbocycles. The minimum atomic E-state index is 0.626. The molecule has 0 aliphatic heterocycles. The Balaban J connectivity index is 2.68. The first-order valence-electron chi connectivity index (χ1n) is 3.75. The molecule has 1 aromatic heterocycles. The average molecular weight is 172 g/mol. The first kappa shape index (κ1) is 7.67. The van der Waals surface area contributed by atoms with Crippen molar-refractivity contribution in [2.75, 3.05) is 5.32 Å². The standard InChI is InChI=1S/C9H6N3O/c13-6-10-9-5-11-12-8-4-2-1-3-7(8)9/h1-5H,(H,10,12,13). The molecule has 0 spiro atoms. The molecule has 0 saturated heterocycles. The summed E-state index contributed by atoms with van der Waals surface area (Å²) in [5.74, 6) is 0. The van der Waals surface area contributed by atoms with Gasteiger partial charge in [-0.1, -0.05) is 18.2 Å². The maximum atomic E-state index is 10.1. The molecule has 0 aliphatic rings. The molecular formula is C9H6N3O. The fourth-order valence-electron chi connectivity index (χ4n) is 1.16. The summed E-state index contributed by atoms with van der Waals surface area (Å²) in [6.07, 6.45) is 3.10. The summed E-state index contributed by atoms with van der Waals surface area (Å²) in [6.45, 7) is 0. The molecule has 1 amide bonds. The van der Waals surface area contributed by atoms with Crippen molar-refractivity contribution in [3.8, 4) is 0 Å². The van der Waals surface area contributed by atoms with E-state index in [0.29, 0.717) is 5.69 Å². The van der Waals surface area contributed by atoms with Crippen LogP contribution in [0.5, 0.6) is 0 Å². The molecule has 1 heterocycles. The van der Waals surface area contributed by atoms with E-state index >= 15 is 0 Å². The topological polar surface area (TPSA) is 54.9 Å². The Kier molecular flexibility index (Phi) is 1.88. The molecule has 4 nitrogen and oxygen atoms in total. The zero-order valence-corrected chi connectivity index (χ0v) is 6.69. The van der Waals surface area contributed by atoms with Crippen molar-refractivity contribution in [2.45, 2.75) is 0 Å². The molecule has 0 unspecified atom stereocenters. The Hall–Kier alpha value is -1.97. The van der Waals surface area contributed by atoms with Crippen LogP contribution >= 0.6 is 0 Å². The molecule has 2 aromatic rings. The third-order valence-electron chi connectivity index (χ3n) is 1.73. The summed E-state index contributed by atoms with van der Waals surface area (Å²) in [4.78, 5) is 10.1. The van der Waals surface area contributed by atoms with E-state index in [1.165, 1.54) is 6.20 Å². The van der Waals surface area contributed by atoms with Crippen molar-refractivity contribution in [1.29, 1.82) is 0 Å². The van der Waals surface area contributed by atoms with Crippen LogP contribution in [0.4, 0.5) is 5.69 Å². The first-order valence-corrected chi connectivity index (χ1v) is 3.75. The lowest BCUT2D eigenvalue weighted by Crippen LogP contribution is -1.96.